The predicted molar refractivity (Wildman–Crippen MR) is 114 cm³/mol. The van der Waals surface area contributed by atoms with Crippen LogP contribution >= 0.6 is 15.9 Å². The number of ether oxygens (including phenoxy) is 2. The van der Waals surface area contributed by atoms with E-state index in [1.54, 1.807) is 13.2 Å². The Balaban J connectivity index is 1.94. The average molecular weight is 432 g/mol. The zero-order valence-electron chi connectivity index (χ0n) is 15.8. The van der Waals surface area contributed by atoms with E-state index in [9.17, 15) is 4.79 Å². The van der Waals surface area contributed by atoms with Gasteiger partial charge in [0.25, 0.3) is 0 Å². The zero-order chi connectivity index (χ0) is 19.5. The van der Waals surface area contributed by atoms with Crippen LogP contribution in [0.15, 0.2) is 53.0 Å². The number of unbranched alkanes of at least 4 members (excludes halogenated alkanes) is 3. The van der Waals surface area contributed by atoms with E-state index in [0.29, 0.717) is 12.4 Å². The maximum atomic E-state index is 12.1. The van der Waals surface area contributed by atoms with Crippen molar-refractivity contribution in [2.45, 2.75) is 32.6 Å². The number of benzene rings is 2. The molecule has 5 heteroatoms. The summed E-state index contributed by atoms with van der Waals surface area (Å²) in [5, 5.41) is 2.84. The van der Waals surface area contributed by atoms with E-state index in [1.165, 1.54) is 25.3 Å². The summed E-state index contributed by atoms with van der Waals surface area (Å²) in [6.45, 7) is 2.87. The fourth-order valence-electron chi connectivity index (χ4n) is 2.53. The van der Waals surface area contributed by atoms with Gasteiger partial charge in [-0.25, -0.2) is 0 Å². The van der Waals surface area contributed by atoms with Crippen LogP contribution in [-0.2, 0) is 4.79 Å². The molecule has 0 unspecified atom stereocenters. The molecule has 27 heavy (non-hydrogen) atoms. The lowest BCUT2D eigenvalue weighted by Crippen LogP contribution is -2.08. The van der Waals surface area contributed by atoms with Crippen LogP contribution in [0.2, 0.25) is 0 Å². The SMILES string of the molecule is CCCCCCOc1ccc(/C=C/C(=O)Nc2ccccc2Br)cc1OC. The molecule has 0 aliphatic rings. The maximum Gasteiger partial charge on any atom is 0.248 e. The third-order valence-corrected chi connectivity index (χ3v) is 4.69. The molecule has 0 heterocycles. The summed E-state index contributed by atoms with van der Waals surface area (Å²) < 4.78 is 12.1. The number of halogens is 1. The monoisotopic (exact) mass is 431 g/mol. The van der Waals surface area contributed by atoms with Crippen molar-refractivity contribution in [1.29, 1.82) is 0 Å². The number of carbonyl (C=O) groups excluding carboxylic acids is 1. The first kappa shape index (κ1) is 21.0. The molecule has 1 N–H and O–H groups in total. The second-order valence-corrected chi connectivity index (χ2v) is 6.98. The zero-order valence-corrected chi connectivity index (χ0v) is 17.4. The molecule has 0 atom stereocenters. The molecule has 2 rings (SSSR count). The van der Waals surface area contributed by atoms with Crippen LogP contribution in [0, 0.1) is 0 Å². The molecule has 1 amide bonds. The van der Waals surface area contributed by atoms with E-state index in [2.05, 4.69) is 28.2 Å². The predicted octanol–water partition coefficient (Wildman–Crippen LogP) is 6.07. The summed E-state index contributed by atoms with van der Waals surface area (Å²) in [5.41, 5.74) is 1.60. The Hall–Kier alpha value is -2.27. The van der Waals surface area contributed by atoms with E-state index in [1.807, 2.05) is 42.5 Å². The Bertz CT molecular complexity index is 774. The largest absolute Gasteiger partial charge is 0.493 e. The van der Waals surface area contributed by atoms with Crippen LogP contribution in [-0.4, -0.2) is 19.6 Å². The quantitative estimate of drug-likeness (QED) is 0.366. The summed E-state index contributed by atoms with van der Waals surface area (Å²) >= 11 is 3.41. The minimum absolute atomic E-state index is 0.197. The second kappa shape index (κ2) is 11.4. The first-order chi connectivity index (χ1) is 13.1. The van der Waals surface area contributed by atoms with E-state index in [0.717, 1.165) is 27.9 Å². The van der Waals surface area contributed by atoms with Crippen LogP contribution in [0.3, 0.4) is 0 Å². The molecule has 4 nitrogen and oxygen atoms in total. The topological polar surface area (TPSA) is 47.6 Å². The van der Waals surface area contributed by atoms with E-state index < -0.39 is 0 Å². The number of methoxy groups -OCH3 is 1. The number of carbonyl (C=O) groups is 1. The molecule has 0 spiro atoms. The standard InChI is InChI=1S/C22H26BrNO3/c1-3-4-5-8-15-27-20-13-11-17(16-21(20)26-2)12-14-22(25)24-19-10-7-6-9-18(19)23/h6-7,9-14,16H,3-5,8,15H2,1-2H3,(H,24,25)/b14-12+. The Morgan fingerprint density at radius 2 is 1.93 bits per heavy atom. The number of anilines is 1. The lowest BCUT2D eigenvalue weighted by Gasteiger charge is -2.11. The first-order valence-corrected chi connectivity index (χ1v) is 9.97. The van der Waals surface area contributed by atoms with Gasteiger partial charge in [0.05, 0.1) is 19.4 Å². The minimum Gasteiger partial charge on any atom is -0.493 e. The molecule has 0 aliphatic heterocycles. The van der Waals surface area contributed by atoms with Gasteiger partial charge in [0.2, 0.25) is 5.91 Å². The molecule has 0 radical (unpaired) electrons. The van der Waals surface area contributed by atoms with Gasteiger partial charge in [-0.15, -0.1) is 0 Å². The number of rotatable bonds is 10. The van der Waals surface area contributed by atoms with E-state index >= 15 is 0 Å². The van der Waals surface area contributed by atoms with Crippen LogP contribution in [0.1, 0.15) is 38.2 Å². The Morgan fingerprint density at radius 1 is 1.11 bits per heavy atom. The van der Waals surface area contributed by atoms with Gasteiger partial charge in [0.15, 0.2) is 11.5 Å². The van der Waals surface area contributed by atoms with E-state index in [4.69, 9.17) is 9.47 Å². The third kappa shape index (κ3) is 7.10. The molecule has 0 aliphatic carbocycles. The highest BCUT2D eigenvalue weighted by atomic mass is 79.9. The van der Waals surface area contributed by atoms with Gasteiger partial charge in [-0.3, -0.25) is 4.79 Å². The van der Waals surface area contributed by atoms with Gasteiger partial charge in [-0.2, -0.15) is 0 Å². The number of para-hydroxylation sites is 1. The number of hydrogen-bond donors (Lipinski definition) is 1. The lowest BCUT2D eigenvalue weighted by atomic mass is 10.2. The molecule has 0 saturated carbocycles. The maximum absolute atomic E-state index is 12.1. The first-order valence-electron chi connectivity index (χ1n) is 9.18. The Kier molecular flexibility index (Phi) is 8.92. The van der Waals surface area contributed by atoms with Gasteiger partial charge >= 0.3 is 0 Å². The summed E-state index contributed by atoms with van der Waals surface area (Å²) in [7, 11) is 1.62. The molecule has 0 aromatic heterocycles. The summed E-state index contributed by atoms with van der Waals surface area (Å²) in [4.78, 5) is 12.1. The number of nitrogens with one attached hydrogen (secondary N) is 1. The van der Waals surface area contributed by atoms with Gasteiger partial charge in [0, 0.05) is 10.5 Å². The molecule has 0 bridgehead atoms. The highest BCUT2D eigenvalue weighted by molar-refractivity contribution is 9.10. The van der Waals surface area contributed by atoms with Crippen LogP contribution in [0.5, 0.6) is 11.5 Å². The van der Waals surface area contributed by atoms with Crippen molar-refractivity contribution in [2.75, 3.05) is 19.0 Å². The smallest absolute Gasteiger partial charge is 0.248 e. The molecule has 0 fully saturated rings. The van der Waals surface area contributed by atoms with Crippen molar-refractivity contribution < 1.29 is 14.3 Å². The van der Waals surface area contributed by atoms with Crippen molar-refractivity contribution in [2.24, 2.45) is 0 Å². The highest BCUT2D eigenvalue weighted by Gasteiger charge is 2.06. The minimum atomic E-state index is -0.197. The average Bonchev–Trinajstić information content (AvgIpc) is 2.68. The molecular formula is C22H26BrNO3. The summed E-state index contributed by atoms with van der Waals surface area (Å²) in [6, 6.07) is 13.1. The molecule has 2 aromatic carbocycles. The van der Waals surface area contributed by atoms with Crippen molar-refractivity contribution in [1.82, 2.24) is 0 Å². The molecule has 144 valence electrons. The second-order valence-electron chi connectivity index (χ2n) is 6.12. The highest BCUT2D eigenvalue weighted by Crippen LogP contribution is 2.29. The van der Waals surface area contributed by atoms with E-state index in [-0.39, 0.29) is 5.91 Å². The molecular weight excluding hydrogens is 406 g/mol. The Morgan fingerprint density at radius 3 is 2.67 bits per heavy atom. The van der Waals surface area contributed by atoms with Gasteiger partial charge < -0.3 is 14.8 Å². The van der Waals surface area contributed by atoms with Gasteiger partial charge in [-0.05, 0) is 58.3 Å². The van der Waals surface area contributed by atoms with Crippen molar-refractivity contribution in [3.8, 4) is 11.5 Å². The Labute approximate surface area is 169 Å². The van der Waals surface area contributed by atoms with Gasteiger partial charge in [0.1, 0.15) is 0 Å². The van der Waals surface area contributed by atoms with Crippen molar-refractivity contribution >= 4 is 33.6 Å². The van der Waals surface area contributed by atoms with Crippen LogP contribution in [0.4, 0.5) is 5.69 Å². The lowest BCUT2D eigenvalue weighted by molar-refractivity contribution is -0.111. The van der Waals surface area contributed by atoms with Crippen LogP contribution < -0.4 is 14.8 Å². The number of amides is 1. The third-order valence-electron chi connectivity index (χ3n) is 4.00. The normalized spacial score (nSPS) is 10.8. The van der Waals surface area contributed by atoms with Gasteiger partial charge in [-0.1, -0.05) is 44.4 Å². The fraction of sp³-hybridized carbons (Fsp3) is 0.318. The molecule has 2 aromatic rings. The van der Waals surface area contributed by atoms with Crippen molar-refractivity contribution in [3.05, 3.63) is 58.6 Å². The fourth-order valence-corrected chi connectivity index (χ4v) is 2.91. The number of hydrogen-bond acceptors (Lipinski definition) is 3. The summed E-state index contributed by atoms with van der Waals surface area (Å²) in [5.74, 6) is 1.19. The summed E-state index contributed by atoms with van der Waals surface area (Å²) in [6.07, 6.45) is 7.89. The molecule has 0 saturated heterocycles. The van der Waals surface area contributed by atoms with Crippen LogP contribution in [0.25, 0.3) is 6.08 Å². The van der Waals surface area contributed by atoms with Crippen molar-refractivity contribution in [3.63, 3.8) is 0 Å².